The second kappa shape index (κ2) is 7.35. The summed E-state index contributed by atoms with van der Waals surface area (Å²) in [5.41, 5.74) is -3.87. The number of alkyl halides is 7. The molecule has 0 radical (unpaired) electrons. The molecule has 140 valence electrons. The standard InChI is InChI=1S/C17H12F7NO/c18-14(10-5-1-3-7-12(10)16(19,20)21)9-25-15(26)11-6-2-4-8-13(11)17(22,23)24/h1-8,14H,9H2,(H,25,26)/t14-/m0/s1. The first kappa shape index (κ1) is 19.7. The van der Waals surface area contributed by atoms with Gasteiger partial charge in [-0.15, -0.1) is 0 Å². The summed E-state index contributed by atoms with van der Waals surface area (Å²) in [5.74, 6) is -1.23. The highest BCUT2D eigenvalue weighted by molar-refractivity contribution is 5.95. The minimum absolute atomic E-state index is 0.681. The fraction of sp³-hybridized carbons (Fsp3) is 0.235. The van der Waals surface area contributed by atoms with Crippen LogP contribution >= 0.6 is 0 Å². The summed E-state index contributed by atoms with van der Waals surface area (Å²) in [6.45, 7) is -0.905. The van der Waals surface area contributed by atoms with Crippen LogP contribution in [0.3, 0.4) is 0 Å². The monoisotopic (exact) mass is 379 g/mol. The predicted octanol–water partition coefficient (Wildman–Crippen LogP) is 5.16. The van der Waals surface area contributed by atoms with Crippen LogP contribution in [0.15, 0.2) is 48.5 Å². The Bertz CT molecular complexity index is 783. The number of hydrogen-bond acceptors (Lipinski definition) is 1. The number of nitrogens with one attached hydrogen (secondary N) is 1. The highest BCUT2D eigenvalue weighted by Gasteiger charge is 2.36. The highest BCUT2D eigenvalue weighted by Crippen LogP contribution is 2.35. The van der Waals surface area contributed by atoms with Gasteiger partial charge in [0.2, 0.25) is 0 Å². The third-order valence-corrected chi connectivity index (χ3v) is 3.52. The van der Waals surface area contributed by atoms with Gasteiger partial charge in [-0.05, 0) is 23.8 Å². The molecule has 0 fully saturated rings. The molecular formula is C17H12F7NO. The number of carbonyl (C=O) groups is 1. The van der Waals surface area contributed by atoms with Gasteiger partial charge in [-0.2, -0.15) is 26.3 Å². The van der Waals surface area contributed by atoms with Crippen molar-refractivity contribution in [1.29, 1.82) is 0 Å². The number of hydrogen-bond donors (Lipinski definition) is 1. The third-order valence-electron chi connectivity index (χ3n) is 3.52. The van der Waals surface area contributed by atoms with E-state index >= 15 is 0 Å². The normalized spacial score (nSPS) is 13.3. The van der Waals surface area contributed by atoms with E-state index < -0.39 is 53.2 Å². The molecule has 0 bridgehead atoms. The van der Waals surface area contributed by atoms with E-state index in [0.29, 0.717) is 12.1 Å². The van der Waals surface area contributed by atoms with Crippen molar-refractivity contribution in [2.75, 3.05) is 6.54 Å². The van der Waals surface area contributed by atoms with Crippen molar-refractivity contribution in [2.45, 2.75) is 18.5 Å². The summed E-state index contributed by atoms with van der Waals surface area (Å²) in [5, 5.41) is 1.91. The molecule has 0 spiro atoms. The molecule has 0 aromatic heterocycles. The van der Waals surface area contributed by atoms with Crippen LogP contribution in [0, 0.1) is 0 Å². The molecule has 0 saturated carbocycles. The summed E-state index contributed by atoms with van der Waals surface area (Å²) in [4.78, 5) is 11.9. The van der Waals surface area contributed by atoms with Crippen molar-refractivity contribution in [3.8, 4) is 0 Å². The van der Waals surface area contributed by atoms with Gasteiger partial charge < -0.3 is 5.32 Å². The van der Waals surface area contributed by atoms with Crippen molar-refractivity contribution < 1.29 is 35.5 Å². The van der Waals surface area contributed by atoms with Crippen LogP contribution < -0.4 is 5.32 Å². The van der Waals surface area contributed by atoms with Crippen molar-refractivity contribution in [1.82, 2.24) is 5.32 Å². The van der Waals surface area contributed by atoms with Crippen LogP contribution in [-0.4, -0.2) is 12.5 Å². The number of halogens is 7. The molecular weight excluding hydrogens is 367 g/mol. The maximum Gasteiger partial charge on any atom is 0.417 e. The molecule has 2 aromatic carbocycles. The second-order valence-corrected chi connectivity index (χ2v) is 5.31. The van der Waals surface area contributed by atoms with Crippen molar-refractivity contribution in [3.05, 3.63) is 70.8 Å². The fourth-order valence-electron chi connectivity index (χ4n) is 2.34. The van der Waals surface area contributed by atoms with Gasteiger partial charge in [-0.25, -0.2) is 4.39 Å². The van der Waals surface area contributed by atoms with Gasteiger partial charge >= 0.3 is 12.4 Å². The average Bonchev–Trinajstić information content (AvgIpc) is 2.58. The van der Waals surface area contributed by atoms with Gasteiger partial charge in [0, 0.05) is 0 Å². The minimum atomic E-state index is -4.80. The van der Waals surface area contributed by atoms with Gasteiger partial charge in [0.05, 0.1) is 23.2 Å². The molecule has 0 aliphatic heterocycles. The Morgan fingerprint density at radius 3 is 1.92 bits per heavy atom. The van der Waals surface area contributed by atoms with Crippen LogP contribution in [0.1, 0.15) is 33.2 Å². The Labute approximate surface area is 143 Å². The average molecular weight is 379 g/mol. The Morgan fingerprint density at radius 1 is 0.846 bits per heavy atom. The fourth-order valence-corrected chi connectivity index (χ4v) is 2.34. The molecule has 1 amide bonds. The maximum atomic E-state index is 14.2. The van der Waals surface area contributed by atoms with E-state index in [4.69, 9.17) is 0 Å². The van der Waals surface area contributed by atoms with Crippen molar-refractivity contribution >= 4 is 5.91 Å². The number of carbonyl (C=O) groups excluding carboxylic acids is 1. The van der Waals surface area contributed by atoms with Gasteiger partial charge in [0.1, 0.15) is 6.17 Å². The van der Waals surface area contributed by atoms with Crippen LogP contribution in [0.4, 0.5) is 30.7 Å². The van der Waals surface area contributed by atoms with Gasteiger partial charge in [0.15, 0.2) is 0 Å². The van der Waals surface area contributed by atoms with E-state index in [9.17, 15) is 35.5 Å². The Hall–Kier alpha value is -2.58. The maximum absolute atomic E-state index is 14.2. The smallest absolute Gasteiger partial charge is 0.349 e. The Morgan fingerprint density at radius 2 is 1.35 bits per heavy atom. The topological polar surface area (TPSA) is 29.1 Å². The van der Waals surface area contributed by atoms with E-state index in [2.05, 4.69) is 0 Å². The SMILES string of the molecule is O=C(NC[C@H](F)c1ccccc1C(F)(F)F)c1ccccc1C(F)(F)F. The summed E-state index contributed by atoms with van der Waals surface area (Å²) < 4.78 is 91.5. The summed E-state index contributed by atoms with van der Waals surface area (Å²) >= 11 is 0. The third kappa shape index (κ3) is 4.53. The summed E-state index contributed by atoms with van der Waals surface area (Å²) in [7, 11) is 0. The number of amides is 1. The van der Waals surface area contributed by atoms with Crippen LogP contribution in [-0.2, 0) is 12.4 Å². The quantitative estimate of drug-likeness (QED) is 0.730. The second-order valence-electron chi connectivity index (χ2n) is 5.31. The van der Waals surface area contributed by atoms with Crippen LogP contribution in [0.2, 0.25) is 0 Å². The molecule has 1 N–H and O–H groups in total. The van der Waals surface area contributed by atoms with E-state index in [1.165, 1.54) is 12.1 Å². The van der Waals surface area contributed by atoms with Gasteiger partial charge in [-0.3, -0.25) is 4.79 Å². The van der Waals surface area contributed by atoms with E-state index in [-0.39, 0.29) is 0 Å². The van der Waals surface area contributed by atoms with Gasteiger partial charge in [-0.1, -0.05) is 30.3 Å². The predicted molar refractivity (Wildman–Crippen MR) is 79.1 cm³/mol. The first-order chi connectivity index (χ1) is 12.0. The molecule has 2 rings (SSSR count). The van der Waals surface area contributed by atoms with Gasteiger partial charge in [0.25, 0.3) is 5.91 Å². The number of rotatable bonds is 4. The zero-order valence-electron chi connectivity index (χ0n) is 13.0. The van der Waals surface area contributed by atoms with Crippen LogP contribution in [0.25, 0.3) is 0 Å². The Balaban J connectivity index is 2.17. The molecule has 26 heavy (non-hydrogen) atoms. The summed E-state index contributed by atoms with van der Waals surface area (Å²) in [6.07, 6.45) is -11.8. The number of benzene rings is 2. The molecule has 0 aliphatic carbocycles. The molecule has 0 heterocycles. The molecule has 0 saturated heterocycles. The van der Waals surface area contributed by atoms with E-state index in [0.717, 1.165) is 24.3 Å². The largest absolute Gasteiger partial charge is 0.417 e. The summed E-state index contributed by atoms with van der Waals surface area (Å²) in [6, 6.07) is 7.71. The molecule has 2 aromatic rings. The van der Waals surface area contributed by atoms with Crippen LogP contribution in [0.5, 0.6) is 0 Å². The molecule has 9 heteroatoms. The zero-order valence-corrected chi connectivity index (χ0v) is 13.0. The molecule has 1 atom stereocenters. The molecule has 0 unspecified atom stereocenters. The van der Waals surface area contributed by atoms with Crippen molar-refractivity contribution in [2.24, 2.45) is 0 Å². The molecule has 0 aliphatic rings. The lowest BCUT2D eigenvalue weighted by Gasteiger charge is -2.17. The lowest BCUT2D eigenvalue weighted by Crippen LogP contribution is -2.29. The lowest BCUT2D eigenvalue weighted by atomic mass is 10.0. The zero-order chi connectivity index (χ0) is 19.5. The first-order valence-corrected chi connectivity index (χ1v) is 7.26. The lowest BCUT2D eigenvalue weighted by molar-refractivity contribution is -0.139. The van der Waals surface area contributed by atoms with E-state index in [1.54, 1.807) is 0 Å². The minimum Gasteiger partial charge on any atom is -0.349 e. The first-order valence-electron chi connectivity index (χ1n) is 7.26. The van der Waals surface area contributed by atoms with Crippen molar-refractivity contribution in [3.63, 3.8) is 0 Å². The van der Waals surface area contributed by atoms with E-state index in [1.807, 2.05) is 5.32 Å². The molecule has 2 nitrogen and oxygen atoms in total. The highest BCUT2D eigenvalue weighted by atomic mass is 19.4. The Kier molecular flexibility index (Phi) is 5.58.